The molecule has 0 spiro atoms. The molecule has 0 saturated carbocycles. The van der Waals surface area contributed by atoms with Gasteiger partial charge >= 0.3 is 0 Å². The molecule has 1 heterocycles. The van der Waals surface area contributed by atoms with Crippen LogP contribution in [0.2, 0.25) is 0 Å². The number of aromatic nitrogens is 1. The molecule has 0 radical (unpaired) electrons. The van der Waals surface area contributed by atoms with Crippen LogP contribution in [0.4, 0.5) is 0 Å². The molecule has 0 unspecified atom stereocenters. The standard InChI is InChI=1S/C12H20N2S2/c1-15-8-3-2-7-13-9-12-14-10-5-4-6-11(10)16-12/h13H,2-9H2,1H3. The number of rotatable bonds is 7. The van der Waals surface area contributed by atoms with Gasteiger partial charge in [0.25, 0.3) is 0 Å². The number of hydrogen-bond donors (Lipinski definition) is 1. The van der Waals surface area contributed by atoms with Gasteiger partial charge in [-0.1, -0.05) is 0 Å². The molecular formula is C12H20N2S2. The third-order valence-electron chi connectivity index (χ3n) is 2.87. The lowest BCUT2D eigenvalue weighted by Crippen LogP contribution is -2.14. The van der Waals surface area contributed by atoms with Crippen LogP contribution in [-0.2, 0) is 19.4 Å². The third kappa shape index (κ3) is 3.47. The van der Waals surface area contributed by atoms with E-state index >= 15 is 0 Å². The molecule has 0 bridgehead atoms. The lowest BCUT2D eigenvalue weighted by Gasteiger charge is -2.01. The van der Waals surface area contributed by atoms with Crippen molar-refractivity contribution in [3.63, 3.8) is 0 Å². The smallest absolute Gasteiger partial charge is 0.107 e. The highest BCUT2D eigenvalue weighted by atomic mass is 32.2. The maximum absolute atomic E-state index is 4.68. The number of unbranched alkanes of at least 4 members (excludes halogenated alkanes) is 1. The first-order chi connectivity index (χ1) is 7.90. The number of thiazole rings is 1. The van der Waals surface area contributed by atoms with E-state index in [2.05, 4.69) is 16.6 Å². The van der Waals surface area contributed by atoms with Gasteiger partial charge in [0.2, 0.25) is 0 Å². The number of nitrogens with zero attached hydrogens (tertiary/aromatic N) is 1. The van der Waals surface area contributed by atoms with Gasteiger partial charge in [-0.25, -0.2) is 4.98 Å². The Hall–Kier alpha value is -0.0600. The van der Waals surface area contributed by atoms with Gasteiger partial charge in [-0.3, -0.25) is 0 Å². The molecule has 1 aliphatic rings. The Kier molecular flexibility index (Phi) is 5.13. The summed E-state index contributed by atoms with van der Waals surface area (Å²) in [6.45, 7) is 2.10. The molecule has 1 aliphatic carbocycles. The Morgan fingerprint density at radius 3 is 3.12 bits per heavy atom. The molecule has 16 heavy (non-hydrogen) atoms. The zero-order valence-electron chi connectivity index (χ0n) is 9.92. The highest BCUT2D eigenvalue weighted by molar-refractivity contribution is 7.98. The van der Waals surface area contributed by atoms with Gasteiger partial charge in [0.1, 0.15) is 5.01 Å². The maximum atomic E-state index is 4.68. The zero-order valence-corrected chi connectivity index (χ0v) is 11.6. The van der Waals surface area contributed by atoms with Crippen molar-refractivity contribution in [2.24, 2.45) is 0 Å². The summed E-state index contributed by atoms with van der Waals surface area (Å²) in [7, 11) is 0. The minimum absolute atomic E-state index is 0.969. The summed E-state index contributed by atoms with van der Waals surface area (Å²) < 4.78 is 0. The van der Waals surface area contributed by atoms with Crippen molar-refractivity contribution in [3.8, 4) is 0 Å². The molecule has 2 rings (SSSR count). The van der Waals surface area contributed by atoms with Crippen molar-refractivity contribution in [3.05, 3.63) is 15.6 Å². The fourth-order valence-electron chi connectivity index (χ4n) is 2.01. The summed E-state index contributed by atoms with van der Waals surface area (Å²) in [5.41, 5.74) is 1.38. The fourth-order valence-corrected chi connectivity index (χ4v) is 3.63. The number of thioether (sulfide) groups is 1. The van der Waals surface area contributed by atoms with Crippen LogP contribution in [0, 0.1) is 0 Å². The Morgan fingerprint density at radius 2 is 2.31 bits per heavy atom. The van der Waals surface area contributed by atoms with Crippen molar-refractivity contribution >= 4 is 23.1 Å². The van der Waals surface area contributed by atoms with E-state index in [-0.39, 0.29) is 0 Å². The molecule has 0 aliphatic heterocycles. The van der Waals surface area contributed by atoms with Crippen LogP contribution >= 0.6 is 23.1 Å². The maximum Gasteiger partial charge on any atom is 0.107 e. The normalized spacial score (nSPS) is 14.3. The minimum Gasteiger partial charge on any atom is -0.310 e. The Labute approximate surface area is 106 Å². The van der Waals surface area contributed by atoms with Crippen LogP contribution in [0.25, 0.3) is 0 Å². The van der Waals surface area contributed by atoms with Gasteiger partial charge < -0.3 is 5.32 Å². The molecule has 4 heteroatoms. The van der Waals surface area contributed by atoms with Crippen LogP contribution < -0.4 is 5.32 Å². The van der Waals surface area contributed by atoms with Crippen molar-refractivity contribution < 1.29 is 0 Å². The van der Waals surface area contributed by atoms with E-state index in [1.54, 1.807) is 4.88 Å². The highest BCUT2D eigenvalue weighted by Crippen LogP contribution is 2.27. The third-order valence-corrected chi connectivity index (χ3v) is 4.72. The monoisotopic (exact) mass is 256 g/mol. The summed E-state index contributed by atoms with van der Waals surface area (Å²) in [5, 5.41) is 4.77. The summed E-state index contributed by atoms with van der Waals surface area (Å²) >= 11 is 3.85. The van der Waals surface area contributed by atoms with Gasteiger partial charge in [-0.05, 0) is 50.7 Å². The fraction of sp³-hybridized carbons (Fsp3) is 0.750. The van der Waals surface area contributed by atoms with Crippen LogP contribution in [0.5, 0.6) is 0 Å². The van der Waals surface area contributed by atoms with E-state index in [0.717, 1.165) is 13.1 Å². The first-order valence-corrected chi connectivity index (χ1v) is 8.28. The van der Waals surface area contributed by atoms with E-state index < -0.39 is 0 Å². The number of fused-ring (bicyclic) bond motifs is 1. The van der Waals surface area contributed by atoms with Crippen LogP contribution in [-0.4, -0.2) is 23.5 Å². The largest absolute Gasteiger partial charge is 0.310 e. The van der Waals surface area contributed by atoms with E-state index in [4.69, 9.17) is 0 Å². The van der Waals surface area contributed by atoms with Gasteiger partial charge in [0.15, 0.2) is 0 Å². The molecule has 1 aromatic rings. The molecule has 0 atom stereocenters. The number of hydrogen-bond acceptors (Lipinski definition) is 4. The highest BCUT2D eigenvalue weighted by Gasteiger charge is 2.15. The predicted octanol–water partition coefficient (Wildman–Crippen LogP) is 2.86. The van der Waals surface area contributed by atoms with Crippen LogP contribution in [0.3, 0.4) is 0 Å². The molecule has 0 aromatic carbocycles. The topological polar surface area (TPSA) is 24.9 Å². The summed E-state index contributed by atoms with van der Waals surface area (Å²) in [6.07, 6.45) is 8.57. The molecular weight excluding hydrogens is 236 g/mol. The predicted molar refractivity (Wildman–Crippen MR) is 73.5 cm³/mol. The zero-order chi connectivity index (χ0) is 11.2. The first-order valence-electron chi connectivity index (χ1n) is 6.07. The quantitative estimate of drug-likeness (QED) is 0.759. The minimum atomic E-state index is 0.969. The molecule has 0 amide bonds. The van der Waals surface area contributed by atoms with E-state index in [1.807, 2.05) is 23.1 Å². The van der Waals surface area contributed by atoms with E-state index in [0.29, 0.717) is 0 Å². The lowest BCUT2D eigenvalue weighted by molar-refractivity contribution is 0.641. The Bertz CT molecular complexity index is 301. The average molecular weight is 256 g/mol. The Balaban J connectivity index is 1.62. The van der Waals surface area contributed by atoms with Gasteiger partial charge in [-0.15, -0.1) is 11.3 Å². The van der Waals surface area contributed by atoms with Gasteiger partial charge in [-0.2, -0.15) is 11.8 Å². The molecule has 1 aromatic heterocycles. The molecule has 90 valence electrons. The molecule has 1 N–H and O–H groups in total. The van der Waals surface area contributed by atoms with Crippen LogP contribution in [0.1, 0.15) is 34.8 Å². The number of nitrogens with one attached hydrogen (secondary N) is 1. The van der Waals surface area contributed by atoms with Crippen molar-refractivity contribution in [1.29, 1.82) is 0 Å². The second-order valence-corrected chi connectivity index (χ2v) is 6.36. The second-order valence-electron chi connectivity index (χ2n) is 4.21. The Morgan fingerprint density at radius 1 is 1.38 bits per heavy atom. The molecule has 0 fully saturated rings. The van der Waals surface area contributed by atoms with Crippen molar-refractivity contribution in [2.45, 2.75) is 38.6 Å². The average Bonchev–Trinajstić information content (AvgIpc) is 2.83. The van der Waals surface area contributed by atoms with Gasteiger partial charge in [0.05, 0.1) is 5.69 Å². The van der Waals surface area contributed by atoms with Gasteiger partial charge in [0, 0.05) is 11.4 Å². The summed E-state index contributed by atoms with van der Waals surface area (Å²) in [6, 6.07) is 0. The lowest BCUT2D eigenvalue weighted by atomic mass is 10.3. The summed E-state index contributed by atoms with van der Waals surface area (Å²) in [5.74, 6) is 1.28. The first kappa shape index (κ1) is 12.4. The van der Waals surface area contributed by atoms with E-state index in [9.17, 15) is 0 Å². The van der Waals surface area contributed by atoms with E-state index in [1.165, 1.54) is 48.6 Å². The SMILES string of the molecule is CSCCCCNCc1nc2c(s1)CCC2. The second kappa shape index (κ2) is 6.62. The number of aryl methyl sites for hydroxylation is 2. The van der Waals surface area contributed by atoms with Crippen molar-refractivity contribution in [2.75, 3.05) is 18.6 Å². The summed E-state index contributed by atoms with van der Waals surface area (Å²) in [4.78, 5) is 6.22. The molecule has 2 nitrogen and oxygen atoms in total. The van der Waals surface area contributed by atoms with Crippen LogP contribution in [0.15, 0.2) is 0 Å². The molecule has 0 saturated heterocycles. The van der Waals surface area contributed by atoms with Crippen molar-refractivity contribution in [1.82, 2.24) is 10.3 Å².